The molecule has 0 aliphatic carbocycles. The Balaban J connectivity index is 2.98. The van der Waals surface area contributed by atoms with Crippen LogP contribution in [-0.4, -0.2) is 17.1 Å². The topological polar surface area (TPSA) is 73.1 Å². The van der Waals surface area contributed by atoms with Crippen LogP contribution in [0.2, 0.25) is 0 Å². The molecule has 0 radical (unpaired) electrons. The molecular weight excluding hydrogens is 223 g/mol. The largest absolute Gasteiger partial charge is 0.480 e. The minimum absolute atomic E-state index is 0.0302. The van der Waals surface area contributed by atoms with Crippen molar-refractivity contribution < 1.29 is 14.3 Å². The molecule has 1 rings (SSSR count). The average molecular weight is 232 g/mol. The lowest BCUT2D eigenvalue weighted by Crippen LogP contribution is -2.29. The van der Waals surface area contributed by atoms with Crippen molar-refractivity contribution in [1.29, 1.82) is 5.26 Å². The summed E-state index contributed by atoms with van der Waals surface area (Å²) in [5, 5.41) is 20.2. The number of nitriles is 1. The molecule has 17 heavy (non-hydrogen) atoms. The van der Waals surface area contributed by atoms with E-state index in [1.807, 2.05) is 0 Å². The average Bonchev–Trinajstić information content (AvgIpc) is 2.30. The summed E-state index contributed by atoms with van der Waals surface area (Å²) in [6.45, 7) is 0. The van der Waals surface area contributed by atoms with Crippen LogP contribution in [0.25, 0.3) is 0 Å². The summed E-state index contributed by atoms with van der Waals surface area (Å²) in [5.41, 5.74) is 0.282. The van der Waals surface area contributed by atoms with Gasteiger partial charge in [-0.15, -0.1) is 12.3 Å². The number of benzene rings is 1. The predicted molar refractivity (Wildman–Crippen MR) is 59.6 cm³/mol. The first-order valence-corrected chi connectivity index (χ1v) is 4.71. The lowest BCUT2D eigenvalue weighted by molar-refractivity contribution is -0.137. The Hall–Kier alpha value is -2.53. The fourth-order valence-corrected chi connectivity index (χ4v) is 1.24. The summed E-state index contributed by atoms with van der Waals surface area (Å²) < 4.78 is 12.9. The third-order valence-corrected chi connectivity index (χ3v) is 2.05. The minimum Gasteiger partial charge on any atom is -0.480 e. The molecule has 0 aliphatic heterocycles. The van der Waals surface area contributed by atoms with Gasteiger partial charge in [-0.1, -0.05) is 0 Å². The number of nitrogens with zero attached hydrogens (tertiary/aromatic N) is 1. The number of carboxylic acid groups (broad SMARTS) is 1. The van der Waals surface area contributed by atoms with Crippen molar-refractivity contribution in [1.82, 2.24) is 0 Å². The summed E-state index contributed by atoms with van der Waals surface area (Å²) in [7, 11) is 0. The van der Waals surface area contributed by atoms with Gasteiger partial charge in [0, 0.05) is 6.42 Å². The molecule has 2 N–H and O–H groups in total. The van der Waals surface area contributed by atoms with E-state index in [9.17, 15) is 9.18 Å². The molecule has 1 aromatic carbocycles. The van der Waals surface area contributed by atoms with Crippen molar-refractivity contribution in [2.45, 2.75) is 12.5 Å². The van der Waals surface area contributed by atoms with Crippen LogP contribution in [0.15, 0.2) is 18.2 Å². The maximum atomic E-state index is 12.9. The van der Waals surface area contributed by atoms with E-state index >= 15 is 0 Å². The summed E-state index contributed by atoms with van der Waals surface area (Å²) in [4.78, 5) is 10.8. The molecule has 0 bridgehead atoms. The van der Waals surface area contributed by atoms with Gasteiger partial charge in [0.05, 0.1) is 11.3 Å². The molecule has 0 saturated heterocycles. The van der Waals surface area contributed by atoms with Gasteiger partial charge >= 0.3 is 5.97 Å². The normalized spacial score (nSPS) is 11.0. The Kier molecular flexibility index (Phi) is 4.08. The van der Waals surface area contributed by atoms with Crippen molar-refractivity contribution >= 4 is 11.7 Å². The summed E-state index contributed by atoms with van der Waals surface area (Å²) in [5.74, 6) is 0.530. The van der Waals surface area contributed by atoms with E-state index in [-0.39, 0.29) is 17.7 Å². The van der Waals surface area contributed by atoms with Crippen LogP contribution in [0.1, 0.15) is 12.0 Å². The second kappa shape index (κ2) is 5.53. The Morgan fingerprint density at radius 2 is 2.35 bits per heavy atom. The van der Waals surface area contributed by atoms with Crippen molar-refractivity contribution in [3.63, 3.8) is 0 Å². The predicted octanol–water partition coefficient (Wildman–Crippen LogP) is 1.59. The van der Waals surface area contributed by atoms with Crippen LogP contribution >= 0.6 is 0 Å². The number of carboxylic acids is 1. The van der Waals surface area contributed by atoms with Crippen LogP contribution in [-0.2, 0) is 4.79 Å². The SMILES string of the molecule is C#CCC(Nc1ccc(F)cc1C#N)C(=O)O. The first-order chi connectivity index (χ1) is 8.08. The number of carbonyl (C=O) groups is 1. The zero-order valence-electron chi connectivity index (χ0n) is 8.77. The number of anilines is 1. The van der Waals surface area contributed by atoms with Crippen molar-refractivity contribution in [3.8, 4) is 18.4 Å². The first kappa shape index (κ1) is 12.5. The van der Waals surface area contributed by atoms with E-state index < -0.39 is 17.8 Å². The fourth-order valence-electron chi connectivity index (χ4n) is 1.24. The van der Waals surface area contributed by atoms with E-state index in [1.165, 1.54) is 6.07 Å². The highest BCUT2D eigenvalue weighted by atomic mass is 19.1. The molecule has 0 heterocycles. The van der Waals surface area contributed by atoms with E-state index in [1.54, 1.807) is 6.07 Å². The number of nitrogens with one attached hydrogen (secondary N) is 1. The van der Waals surface area contributed by atoms with Gasteiger partial charge in [0.25, 0.3) is 0 Å². The monoisotopic (exact) mass is 232 g/mol. The fraction of sp³-hybridized carbons (Fsp3) is 0.167. The summed E-state index contributed by atoms with van der Waals surface area (Å²) in [6, 6.07) is 4.24. The second-order valence-electron chi connectivity index (χ2n) is 3.25. The minimum atomic E-state index is -1.13. The Bertz CT molecular complexity index is 514. The molecule has 4 nitrogen and oxygen atoms in total. The number of hydrogen-bond acceptors (Lipinski definition) is 3. The Morgan fingerprint density at radius 3 is 2.88 bits per heavy atom. The zero-order chi connectivity index (χ0) is 12.8. The van der Waals surface area contributed by atoms with Gasteiger partial charge < -0.3 is 10.4 Å². The van der Waals surface area contributed by atoms with Crippen LogP contribution in [0.4, 0.5) is 10.1 Å². The summed E-state index contributed by atoms with van der Waals surface area (Å²) in [6.07, 6.45) is 5.01. The molecule has 0 aromatic heterocycles. The van der Waals surface area contributed by atoms with Crippen LogP contribution in [0, 0.1) is 29.5 Å². The maximum Gasteiger partial charge on any atom is 0.327 e. The van der Waals surface area contributed by atoms with Crippen molar-refractivity contribution in [3.05, 3.63) is 29.6 Å². The lowest BCUT2D eigenvalue weighted by atomic mass is 10.1. The van der Waals surface area contributed by atoms with Gasteiger partial charge in [-0.25, -0.2) is 9.18 Å². The maximum absolute atomic E-state index is 12.9. The number of terminal acetylenes is 1. The number of rotatable bonds is 4. The molecule has 1 unspecified atom stereocenters. The second-order valence-corrected chi connectivity index (χ2v) is 3.25. The first-order valence-electron chi connectivity index (χ1n) is 4.71. The molecule has 0 amide bonds. The van der Waals surface area contributed by atoms with Gasteiger partial charge in [-0.2, -0.15) is 5.26 Å². The highest BCUT2D eigenvalue weighted by Crippen LogP contribution is 2.17. The van der Waals surface area contributed by atoms with Gasteiger partial charge in [-0.05, 0) is 18.2 Å². The molecule has 1 atom stereocenters. The zero-order valence-corrected chi connectivity index (χ0v) is 8.77. The molecule has 0 spiro atoms. The van der Waals surface area contributed by atoms with Crippen LogP contribution < -0.4 is 5.32 Å². The highest BCUT2D eigenvalue weighted by Gasteiger charge is 2.17. The third kappa shape index (κ3) is 3.22. The standard InChI is InChI=1S/C12H9FN2O2/c1-2-3-11(12(16)17)15-10-5-4-9(13)6-8(10)7-14/h1,4-6,11,15H,3H2,(H,16,17). The Labute approximate surface area is 97.7 Å². The summed E-state index contributed by atoms with van der Waals surface area (Å²) >= 11 is 0. The van der Waals surface area contributed by atoms with E-state index in [2.05, 4.69) is 11.2 Å². The Morgan fingerprint density at radius 1 is 1.65 bits per heavy atom. The molecule has 0 aliphatic rings. The van der Waals surface area contributed by atoms with Crippen molar-refractivity contribution in [2.24, 2.45) is 0 Å². The number of hydrogen-bond donors (Lipinski definition) is 2. The van der Waals surface area contributed by atoms with Gasteiger partial charge in [0.1, 0.15) is 17.9 Å². The van der Waals surface area contributed by atoms with Crippen molar-refractivity contribution in [2.75, 3.05) is 5.32 Å². The highest BCUT2D eigenvalue weighted by molar-refractivity contribution is 5.78. The molecule has 0 fully saturated rings. The van der Waals surface area contributed by atoms with E-state index in [0.29, 0.717) is 0 Å². The third-order valence-electron chi connectivity index (χ3n) is 2.05. The van der Waals surface area contributed by atoms with Gasteiger partial charge in [0.2, 0.25) is 0 Å². The van der Waals surface area contributed by atoms with Gasteiger partial charge in [0.15, 0.2) is 0 Å². The van der Waals surface area contributed by atoms with Gasteiger partial charge in [-0.3, -0.25) is 0 Å². The van der Waals surface area contributed by atoms with E-state index in [0.717, 1.165) is 12.1 Å². The molecule has 86 valence electrons. The van der Waals surface area contributed by atoms with E-state index in [4.69, 9.17) is 16.8 Å². The number of halogens is 1. The lowest BCUT2D eigenvalue weighted by Gasteiger charge is -2.14. The molecule has 1 aromatic rings. The van der Waals surface area contributed by atoms with Crippen LogP contribution in [0.5, 0.6) is 0 Å². The smallest absolute Gasteiger partial charge is 0.327 e. The molecular formula is C12H9FN2O2. The quantitative estimate of drug-likeness (QED) is 0.773. The molecule has 0 saturated carbocycles. The number of aliphatic carboxylic acids is 1. The van der Waals surface area contributed by atoms with Crippen LogP contribution in [0.3, 0.4) is 0 Å². The molecule has 5 heteroatoms.